The summed E-state index contributed by atoms with van der Waals surface area (Å²) in [4.78, 5) is 0. The third-order valence-corrected chi connectivity index (χ3v) is 2.83. The topological polar surface area (TPSA) is 57.2 Å². The maximum Gasteiger partial charge on any atom is 0.296 e. The van der Waals surface area contributed by atoms with E-state index in [2.05, 4.69) is 0 Å². The molecule has 0 N–H and O–H groups in total. The Morgan fingerprint density at radius 2 is 2.08 bits per heavy atom. The summed E-state index contributed by atoms with van der Waals surface area (Å²) in [6.45, 7) is 1.31. The molecule has 1 rings (SSSR count). The second-order valence-corrected chi connectivity index (χ2v) is 3.93. The Kier molecular flexibility index (Phi) is 2.07. The van der Waals surface area contributed by atoms with Crippen molar-refractivity contribution in [1.82, 2.24) is 0 Å². The molecule has 0 saturated carbocycles. The molecule has 0 aromatic rings. The molecule has 0 saturated heterocycles. The highest BCUT2D eigenvalue weighted by Crippen LogP contribution is 2.25. The molecule has 1 aliphatic heterocycles. The third kappa shape index (κ3) is 1.28. The lowest BCUT2D eigenvalue weighted by molar-refractivity contribution is -0.923. The van der Waals surface area contributed by atoms with Crippen molar-refractivity contribution < 1.29 is 21.6 Å². The van der Waals surface area contributed by atoms with E-state index in [4.69, 9.17) is 0 Å². The Labute approximate surface area is 70.0 Å². The van der Waals surface area contributed by atoms with Gasteiger partial charge >= 0.3 is 0 Å². The summed E-state index contributed by atoms with van der Waals surface area (Å²) in [6, 6.07) is -0.988. The van der Waals surface area contributed by atoms with Crippen molar-refractivity contribution in [2.75, 3.05) is 0 Å². The van der Waals surface area contributed by atoms with Crippen LogP contribution in [0.15, 0.2) is 24.4 Å². The van der Waals surface area contributed by atoms with Crippen LogP contribution in [0.4, 0.5) is 4.48 Å². The fraction of sp³-hybridized carbons (Fsp3) is 0.333. The maximum absolute atomic E-state index is 13.4. The lowest BCUT2D eigenvalue weighted by atomic mass is 10.2. The van der Waals surface area contributed by atoms with E-state index in [1.165, 1.54) is 25.2 Å². The van der Waals surface area contributed by atoms with Crippen LogP contribution in [0.2, 0.25) is 0 Å². The summed E-state index contributed by atoms with van der Waals surface area (Å²) in [5.74, 6) is 0. The van der Waals surface area contributed by atoms with Crippen LogP contribution in [0.1, 0.15) is 6.92 Å². The van der Waals surface area contributed by atoms with Crippen molar-refractivity contribution in [3.05, 3.63) is 24.4 Å². The summed E-state index contributed by atoms with van der Waals surface area (Å²) in [7, 11) is -4.99. The van der Waals surface area contributed by atoms with Gasteiger partial charge in [-0.05, 0) is 23.2 Å². The molecule has 6 heteroatoms. The summed E-state index contributed by atoms with van der Waals surface area (Å²) in [5.41, 5.74) is 0. The lowest BCUT2D eigenvalue weighted by Crippen LogP contribution is -2.46. The molecule has 0 fully saturated rings. The second kappa shape index (κ2) is 2.65. The molecule has 68 valence electrons. The Morgan fingerprint density at radius 1 is 1.50 bits per heavy atom. The first-order valence-corrected chi connectivity index (χ1v) is 4.64. The van der Waals surface area contributed by atoms with Crippen molar-refractivity contribution in [1.29, 1.82) is 0 Å². The molecule has 0 aromatic carbocycles. The van der Waals surface area contributed by atoms with E-state index in [0.29, 0.717) is 6.20 Å². The van der Waals surface area contributed by atoms with Crippen molar-refractivity contribution in [2.45, 2.75) is 13.0 Å². The number of hydrogen-bond acceptors (Lipinski definition) is 3. The Hall–Kier alpha value is -0.720. The molecule has 0 aliphatic carbocycles. The molecule has 0 spiro atoms. The molecule has 0 radical (unpaired) electrons. The van der Waals surface area contributed by atoms with Crippen molar-refractivity contribution in [2.24, 2.45) is 0 Å². The van der Waals surface area contributed by atoms with Crippen molar-refractivity contribution in [3.8, 4) is 0 Å². The van der Waals surface area contributed by atoms with Crippen LogP contribution in [0.25, 0.3) is 0 Å². The van der Waals surface area contributed by atoms with Crippen LogP contribution in [0.5, 0.6) is 0 Å². The number of allylic oxidation sites excluding steroid dienone is 2. The first kappa shape index (κ1) is 9.37. The molecule has 4 nitrogen and oxygen atoms in total. The van der Waals surface area contributed by atoms with Crippen LogP contribution in [0.3, 0.4) is 0 Å². The second-order valence-electron chi connectivity index (χ2n) is 2.52. The van der Waals surface area contributed by atoms with E-state index in [9.17, 15) is 17.5 Å². The first-order chi connectivity index (χ1) is 5.38. The predicted octanol–water partition coefficient (Wildman–Crippen LogP) is 0.620. The maximum atomic E-state index is 13.4. The van der Waals surface area contributed by atoms with E-state index < -0.39 is 20.5 Å². The number of nitrogens with zero attached hydrogens (tertiary/aromatic N) is 1. The average molecular weight is 193 g/mol. The lowest BCUT2D eigenvalue weighted by Gasteiger charge is -2.28. The normalized spacial score (nSPS) is 35.4. The van der Waals surface area contributed by atoms with Crippen LogP contribution in [0, 0.1) is 0 Å². The highest BCUT2D eigenvalue weighted by atomic mass is 32.2. The van der Waals surface area contributed by atoms with Gasteiger partial charge in [-0.3, -0.25) is 0 Å². The molecule has 12 heavy (non-hydrogen) atoms. The Balaban J connectivity index is 3.16. The highest BCUT2D eigenvalue weighted by molar-refractivity contribution is 7.79. The summed E-state index contributed by atoms with van der Waals surface area (Å²) in [6.07, 6.45) is 4.71. The smallest absolute Gasteiger partial charge is 0.296 e. The van der Waals surface area contributed by atoms with Gasteiger partial charge in [-0.1, -0.05) is 6.08 Å². The minimum Gasteiger partial charge on any atom is -0.699 e. The van der Waals surface area contributed by atoms with Crippen LogP contribution in [-0.4, -0.2) is 23.1 Å². The number of hydrogen-bond donors (Lipinski definition) is 0. The summed E-state index contributed by atoms with van der Waals surface area (Å²) >= 11 is 0. The zero-order valence-corrected chi connectivity index (χ0v) is 7.16. The van der Waals surface area contributed by atoms with E-state index in [1.807, 2.05) is 0 Å². The minimum absolute atomic E-state index is 0.715. The third-order valence-electron chi connectivity index (χ3n) is 1.69. The molecular formula is C6H8FNO3S. The largest absolute Gasteiger partial charge is 0.699 e. The van der Waals surface area contributed by atoms with Gasteiger partial charge in [0.05, 0.1) is 0 Å². The van der Waals surface area contributed by atoms with E-state index in [1.54, 1.807) is 0 Å². The van der Waals surface area contributed by atoms with Crippen LogP contribution < -0.4 is 0 Å². The van der Waals surface area contributed by atoms with Gasteiger partial charge in [0.1, 0.15) is 0 Å². The summed E-state index contributed by atoms with van der Waals surface area (Å²) < 4.78 is 42.7. The number of halogens is 1. The molecule has 2 unspecified atom stereocenters. The van der Waals surface area contributed by atoms with Crippen LogP contribution >= 0.6 is 0 Å². The van der Waals surface area contributed by atoms with Gasteiger partial charge in [0.2, 0.25) is 0 Å². The average Bonchev–Trinajstić information content (AvgIpc) is 1.93. The summed E-state index contributed by atoms with van der Waals surface area (Å²) in [5, 5.41) is 0. The van der Waals surface area contributed by atoms with Gasteiger partial charge in [-0.2, -0.15) is 8.42 Å². The fourth-order valence-corrected chi connectivity index (χ4v) is 1.62. The molecule has 0 bridgehead atoms. The van der Waals surface area contributed by atoms with Crippen molar-refractivity contribution >= 4 is 10.3 Å². The van der Waals surface area contributed by atoms with E-state index in [-0.39, 0.29) is 0 Å². The number of quaternary nitrogens is 1. The SMILES string of the molecule is CC1C=CC=C[N+]1(F)S(=O)(=O)[O-]. The zero-order valence-electron chi connectivity index (χ0n) is 6.34. The standard InChI is InChI=1S/C6H8FNO3S/c1-6-4-2-3-5-8(6,7)12(9,10)11/h2-6H,1H3. The molecular weight excluding hydrogens is 185 g/mol. The Bertz CT molecular complexity index is 335. The van der Waals surface area contributed by atoms with E-state index >= 15 is 0 Å². The van der Waals surface area contributed by atoms with Gasteiger partial charge in [-0.25, -0.2) is 0 Å². The first-order valence-electron chi connectivity index (χ1n) is 3.28. The Morgan fingerprint density at radius 3 is 2.42 bits per heavy atom. The molecule has 0 aromatic heterocycles. The van der Waals surface area contributed by atoms with E-state index in [0.717, 1.165) is 0 Å². The zero-order chi connectivity index (χ0) is 9.41. The van der Waals surface area contributed by atoms with Gasteiger partial charge in [0, 0.05) is 4.48 Å². The molecule has 1 aliphatic rings. The minimum atomic E-state index is -4.99. The van der Waals surface area contributed by atoms with Gasteiger partial charge < -0.3 is 4.55 Å². The van der Waals surface area contributed by atoms with Gasteiger partial charge in [-0.15, -0.1) is 0 Å². The quantitative estimate of drug-likeness (QED) is 0.453. The van der Waals surface area contributed by atoms with Crippen molar-refractivity contribution in [3.63, 3.8) is 0 Å². The molecule has 1 heterocycles. The monoisotopic (exact) mass is 193 g/mol. The molecule has 0 amide bonds. The predicted molar refractivity (Wildman–Crippen MR) is 38.8 cm³/mol. The van der Waals surface area contributed by atoms with Gasteiger partial charge in [0.15, 0.2) is 12.2 Å². The fourth-order valence-electron chi connectivity index (χ4n) is 0.923. The van der Waals surface area contributed by atoms with Crippen LogP contribution in [-0.2, 0) is 10.3 Å². The highest BCUT2D eigenvalue weighted by Gasteiger charge is 2.41. The molecule has 2 atom stereocenters. The van der Waals surface area contributed by atoms with Gasteiger partial charge in [0.25, 0.3) is 10.3 Å². The number of rotatable bonds is 1.